The number of nitrogens with zero attached hydrogens (tertiary/aromatic N) is 1. The predicted molar refractivity (Wildman–Crippen MR) is 43.7 cm³/mol. The second kappa shape index (κ2) is 2.88. The van der Waals surface area contributed by atoms with E-state index in [-0.39, 0.29) is 6.10 Å². The van der Waals surface area contributed by atoms with Gasteiger partial charge in [-0.2, -0.15) is 0 Å². The van der Waals surface area contributed by atoms with Crippen molar-refractivity contribution in [1.82, 2.24) is 4.90 Å². The van der Waals surface area contributed by atoms with Gasteiger partial charge in [0.15, 0.2) is 0 Å². The second-order valence-corrected chi connectivity index (χ2v) is 3.06. The van der Waals surface area contributed by atoms with Crippen molar-refractivity contribution in [3.05, 3.63) is 12.7 Å². The maximum absolute atomic E-state index is 10.8. The molecule has 0 bridgehead atoms. The third-order valence-corrected chi connectivity index (χ3v) is 2.22. The predicted octanol–water partition coefficient (Wildman–Crippen LogP) is 0.304. The number of carboxylic acid groups (broad SMARTS) is 1. The zero-order chi connectivity index (χ0) is 9.35. The molecule has 1 fully saturated rings. The van der Waals surface area contributed by atoms with E-state index in [4.69, 9.17) is 9.84 Å². The van der Waals surface area contributed by atoms with Crippen LogP contribution < -0.4 is 0 Å². The first-order valence-electron chi connectivity index (χ1n) is 3.75. The first kappa shape index (κ1) is 9.22. The van der Waals surface area contributed by atoms with Gasteiger partial charge in [-0.1, -0.05) is 6.08 Å². The zero-order valence-electron chi connectivity index (χ0n) is 7.28. The molecule has 1 saturated heterocycles. The number of hydrogen-bond donors (Lipinski definition) is 1. The van der Waals surface area contributed by atoms with Gasteiger partial charge in [-0.3, -0.25) is 4.90 Å². The van der Waals surface area contributed by atoms with Crippen molar-refractivity contribution >= 4 is 5.97 Å². The van der Waals surface area contributed by atoms with Crippen LogP contribution in [0.1, 0.15) is 6.92 Å². The summed E-state index contributed by atoms with van der Waals surface area (Å²) in [5.74, 6) is -0.964. The average Bonchev–Trinajstić information content (AvgIpc) is 2.29. The Morgan fingerprint density at radius 2 is 2.50 bits per heavy atom. The molecule has 0 amide bonds. The van der Waals surface area contributed by atoms with E-state index in [0.717, 1.165) is 0 Å². The van der Waals surface area contributed by atoms with Gasteiger partial charge in [0.1, 0.15) is 0 Å². The number of likely N-dealkylation sites (N-methyl/N-ethyl adjacent to an activating group) is 1. The minimum atomic E-state index is -1.20. The average molecular weight is 171 g/mol. The fraction of sp³-hybridized carbons (Fsp3) is 0.625. The van der Waals surface area contributed by atoms with Crippen molar-refractivity contribution in [2.24, 2.45) is 0 Å². The fourth-order valence-electron chi connectivity index (χ4n) is 1.20. The highest BCUT2D eigenvalue weighted by Crippen LogP contribution is 2.25. The van der Waals surface area contributed by atoms with E-state index >= 15 is 0 Å². The maximum atomic E-state index is 10.8. The molecular formula is C8H13NO3. The van der Waals surface area contributed by atoms with E-state index in [2.05, 4.69) is 6.58 Å². The molecule has 0 aliphatic carbocycles. The van der Waals surface area contributed by atoms with Crippen LogP contribution in [0.2, 0.25) is 0 Å². The Morgan fingerprint density at radius 3 is 2.75 bits per heavy atom. The molecule has 0 spiro atoms. The molecule has 4 heteroatoms. The largest absolute Gasteiger partial charge is 0.478 e. The van der Waals surface area contributed by atoms with Gasteiger partial charge < -0.3 is 9.84 Å². The van der Waals surface area contributed by atoms with Gasteiger partial charge in [-0.25, -0.2) is 4.79 Å². The normalized spacial score (nSPS) is 36.7. The van der Waals surface area contributed by atoms with Crippen LogP contribution in [-0.2, 0) is 9.53 Å². The molecule has 1 aliphatic heterocycles. The molecule has 2 unspecified atom stereocenters. The molecule has 1 heterocycles. The summed E-state index contributed by atoms with van der Waals surface area (Å²) in [6.45, 7) is 5.67. The lowest BCUT2D eigenvalue weighted by molar-refractivity contribution is -0.173. The topological polar surface area (TPSA) is 49.8 Å². The molecular weight excluding hydrogens is 158 g/mol. The Labute approximate surface area is 71.4 Å². The minimum Gasteiger partial charge on any atom is -0.478 e. The highest BCUT2D eigenvalue weighted by molar-refractivity contribution is 5.76. The fourth-order valence-corrected chi connectivity index (χ4v) is 1.20. The molecule has 1 N–H and O–H groups in total. The van der Waals surface area contributed by atoms with E-state index in [1.54, 1.807) is 24.9 Å². The van der Waals surface area contributed by atoms with E-state index in [9.17, 15) is 4.79 Å². The highest BCUT2D eigenvalue weighted by Gasteiger charge is 2.46. The standard InChI is InChI=1S/C8H13NO3/c1-4-6-5-9(3)8(2,12-6)7(10)11/h4,6H,1,5H2,2-3H3,(H,10,11). The highest BCUT2D eigenvalue weighted by atomic mass is 16.6. The molecule has 0 aromatic rings. The van der Waals surface area contributed by atoms with Crippen LogP contribution in [0.25, 0.3) is 0 Å². The Bertz CT molecular complexity index is 216. The van der Waals surface area contributed by atoms with Gasteiger partial charge in [-0.15, -0.1) is 6.58 Å². The molecule has 1 rings (SSSR count). The first-order chi connectivity index (χ1) is 5.50. The maximum Gasteiger partial charge on any atom is 0.351 e. The van der Waals surface area contributed by atoms with Crippen molar-refractivity contribution in [2.45, 2.75) is 18.8 Å². The van der Waals surface area contributed by atoms with Gasteiger partial charge in [0.05, 0.1) is 6.10 Å². The molecule has 0 saturated carbocycles. The summed E-state index contributed by atoms with van der Waals surface area (Å²) >= 11 is 0. The second-order valence-electron chi connectivity index (χ2n) is 3.06. The van der Waals surface area contributed by atoms with Gasteiger partial charge in [0.25, 0.3) is 0 Å². The lowest BCUT2D eigenvalue weighted by Crippen LogP contribution is -2.46. The van der Waals surface area contributed by atoms with Crippen LogP contribution in [-0.4, -0.2) is 41.4 Å². The number of rotatable bonds is 2. The van der Waals surface area contributed by atoms with E-state index < -0.39 is 11.7 Å². The van der Waals surface area contributed by atoms with E-state index in [0.29, 0.717) is 6.54 Å². The number of carboxylic acids is 1. The van der Waals surface area contributed by atoms with Crippen LogP contribution in [0.3, 0.4) is 0 Å². The van der Waals surface area contributed by atoms with Crippen molar-refractivity contribution in [2.75, 3.05) is 13.6 Å². The quantitative estimate of drug-likeness (QED) is 0.607. The third-order valence-electron chi connectivity index (χ3n) is 2.22. The molecule has 68 valence electrons. The summed E-state index contributed by atoms with van der Waals surface area (Å²) in [5, 5.41) is 8.86. The van der Waals surface area contributed by atoms with Gasteiger partial charge in [0.2, 0.25) is 5.72 Å². The van der Waals surface area contributed by atoms with Crippen molar-refractivity contribution in [3.63, 3.8) is 0 Å². The zero-order valence-corrected chi connectivity index (χ0v) is 7.28. The lowest BCUT2D eigenvalue weighted by atomic mass is 10.2. The van der Waals surface area contributed by atoms with Crippen molar-refractivity contribution in [3.8, 4) is 0 Å². The molecule has 4 nitrogen and oxygen atoms in total. The molecule has 0 aromatic carbocycles. The number of hydrogen-bond acceptors (Lipinski definition) is 3. The SMILES string of the molecule is C=CC1CN(C)C(C)(C(=O)O)O1. The van der Waals surface area contributed by atoms with Gasteiger partial charge in [-0.05, 0) is 14.0 Å². The first-order valence-corrected chi connectivity index (χ1v) is 3.75. The summed E-state index contributed by atoms with van der Waals surface area (Å²) in [4.78, 5) is 12.4. The van der Waals surface area contributed by atoms with Crippen LogP contribution in [0, 0.1) is 0 Å². The summed E-state index contributed by atoms with van der Waals surface area (Å²) in [5.41, 5.74) is -1.20. The number of ether oxygens (including phenoxy) is 1. The monoisotopic (exact) mass is 171 g/mol. The molecule has 1 aliphatic rings. The molecule has 0 aromatic heterocycles. The lowest BCUT2D eigenvalue weighted by Gasteiger charge is -2.25. The van der Waals surface area contributed by atoms with Crippen LogP contribution >= 0.6 is 0 Å². The molecule has 2 atom stereocenters. The number of aliphatic carboxylic acids is 1. The smallest absolute Gasteiger partial charge is 0.351 e. The Kier molecular flexibility index (Phi) is 2.21. The van der Waals surface area contributed by atoms with Gasteiger partial charge in [0, 0.05) is 6.54 Å². The van der Waals surface area contributed by atoms with E-state index in [1.807, 2.05) is 0 Å². The van der Waals surface area contributed by atoms with Crippen molar-refractivity contribution in [1.29, 1.82) is 0 Å². The van der Waals surface area contributed by atoms with Gasteiger partial charge >= 0.3 is 5.97 Å². The summed E-state index contributed by atoms with van der Waals surface area (Å²) < 4.78 is 5.28. The van der Waals surface area contributed by atoms with Crippen LogP contribution in [0.5, 0.6) is 0 Å². The minimum absolute atomic E-state index is 0.184. The summed E-state index contributed by atoms with van der Waals surface area (Å²) in [7, 11) is 1.72. The molecule has 12 heavy (non-hydrogen) atoms. The number of carbonyl (C=O) groups is 1. The summed E-state index contributed by atoms with van der Waals surface area (Å²) in [6.07, 6.45) is 1.43. The van der Waals surface area contributed by atoms with Crippen LogP contribution in [0.4, 0.5) is 0 Å². The Morgan fingerprint density at radius 1 is 1.92 bits per heavy atom. The Hall–Kier alpha value is -0.870. The van der Waals surface area contributed by atoms with E-state index in [1.165, 1.54) is 0 Å². The third kappa shape index (κ3) is 1.23. The van der Waals surface area contributed by atoms with Crippen LogP contribution in [0.15, 0.2) is 12.7 Å². The summed E-state index contributed by atoms with van der Waals surface area (Å²) in [6, 6.07) is 0. The Balaban J connectivity index is 2.80. The molecule has 0 radical (unpaired) electrons. The van der Waals surface area contributed by atoms with Crippen molar-refractivity contribution < 1.29 is 14.6 Å².